The minimum absolute atomic E-state index is 0.00763. The summed E-state index contributed by atoms with van der Waals surface area (Å²) in [5.74, 6) is 0.204. The van der Waals surface area contributed by atoms with Crippen molar-refractivity contribution >= 4 is 11.3 Å². The molecule has 0 unspecified atom stereocenters. The number of nitrogens with two attached hydrogens (primary N) is 1. The summed E-state index contributed by atoms with van der Waals surface area (Å²) >= 11 is 0. The van der Waals surface area contributed by atoms with E-state index < -0.39 is 0 Å². The second-order valence-electron chi connectivity index (χ2n) is 7.42. The van der Waals surface area contributed by atoms with Crippen LogP contribution in [-0.2, 0) is 6.61 Å². The first-order chi connectivity index (χ1) is 15.1. The molecule has 2 aromatic carbocycles. The zero-order chi connectivity index (χ0) is 21.4. The Kier molecular flexibility index (Phi) is 4.73. The Morgan fingerprint density at radius 1 is 0.839 bits per heavy atom. The van der Waals surface area contributed by atoms with Gasteiger partial charge in [0.2, 0.25) is 0 Å². The van der Waals surface area contributed by atoms with Gasteiger partial charge in [-0.3, -0.25) is 0 Å². The fourth-order valence-electron chi connectivity index (χ4n) is 3.90. The summed E-state index contributed by atoms with van der Waals surface area (Å²) in [6.45, 7) is -0.00763. The summed E-state index contributed by atoms with van der Waals surface area (Å²) < 4.78 is 15.5. The van der Waals surface area contributed by atoms with Crippen molar-refractivity contribution in [2.45, 2.75) is 6.61 Å². The lowest BCUT2D eigenvalue weighted by Crippen LogP contribution is -1.95. The standard InChI is InChI=1S/C26H20FN3O/c27-21-10-7-18(8-11-21)20-9-12-22-14-24(23-2-1-13-29-26(23)28)25(30(22)15-20)19-5-3-17(16-31)4-6-19/h1-15,31H,16H2,(H2,28,29). The van der Waals surface area contributed by atoms with Crippen molar-refractivity contribution in [2.75, 3.05) is 5.73 Å². The van der Waals surface area contributed by atoms with Crippen molar-refractivity contribution in [1.29, 1.82) is 0 Å². The smallest absolute Gasteiger partial charge is 0.131 e. The number of anilines is 1. The fraction of sp³-hybridized carbons (Fsp3) is 0.0385. The Hall–Kier alpha value is -3.96. The van der Waals surface area contributed by atoms with E-state index in [1.165, 1.54) is 12.1 Å². The highest BCUT2D eigenvalue weighted by Crippen LogP contribution is 2.38. The monoisotopic (exact) mass is 409 g/mol. The van der Waals surface area contributed by atoms with E-state index in [-0.39, 0.29) is 12.4 Å². The molecule has 0 saturated heterocycles. The van der Waals surface area contributed by atoms with Crippen LogP contribution in [0.4, 0.5) is 10.2 Å². The molecule has 0 saturated carbocycles. The number of nitrogen functional groups attached to an aromatic ring is 1. The van der Waals surface area contributed by atoms with Crippen LogP contribution in [-0.4, -0.2) is 14.5 Å². The molecule has 5 aromatic rings. The van der Waals surface area contributed by atoms with Gasteiger partial charge in [-0.15, -0.1) is 0 Å². The molecule has 0 aliphatic carbocycles. The van der Waals surface area contributed by atoms with E-state index in [2.05, 4.69) is 15.5 Å². The van der Waals surface area contributed by atoms with Crippen LogP contribution in [0.5, 0.6) is 0 Å². The number of aliphatic hydroxyl groups excluding tert-OH is 1. The molecule has 0 aliphatic heterocycles. The Morgan fingerprint density at radius 2 is 1.55 bits per heavy atom. The first kappa shape index (κ1) is 19.0. The van der Waals surface area contributed by atoms with Gasteiger partial charge < -0.3 is 15.2 Å². The van der Waals surface area contributed by atoms with Crippen LogP contribution in [0.3, 0.4) is 0 Å². The summed E-state index contributed by atoms with van der Waals surface area (Å²) in [7, 11) is 0. The second-order valence-corrected chi connectivity index (χ2v) is 7.42. The molecular formula is C26H20FN3O. The molecular weight excluding hydrogens is 389 g/mol. The minimum atomic E-state index is -0.259. The van der Waals surface area contributed by atoms with Crippen LogP contribution in [0, 0.1) is 5.82 Å². The molecule has 31 heavy (non-hydrogen) atoms. The van der Waals surface area contributed by atoms with Gasteiger partial charge in [0.25, 0.3) is 0 Å². The van der Waals surface area contributed by atoms with Crippen LogP contribution in [0.2, 0.25) is 0 Å². The minimum Gasteiger partial charge on any atom is -0.392 e. The molecule has 5 heteroatoms. The van der Waals surface area contributed by atoms with E-state index in [1.54, 1.807) is 18.3 Å². The number of hydrogen-bond donors (Lipinski definition) is 2. The van der Waals surface area contributed by atoms with Crippen LogP contribution in [0.1, 0.15) is 5.56 Å². The van der Waals surface area contributed by atoms with Crippen LogP contribution >= 0.6 is 0 Å². The van der Waals surface area contributed by atoms with Crippen LogP contribution in [0.15, 0.2) is 91.3 Å². The Labute approximate surface area is 179 Å². The van der Waals surface area contributed by atoms with Crippen molar-refractivity contribution < 1.29 is 9.50 Å². The number of halogens is 1. The van der Waals surface area contributed by atoms with Gasteiger partial charge in [0.05, 0.1) is 12.3 Å². The summed E-state index contributed by atoms with van der Waals surface area (Å²) in [6, 6.07) is 24.3. The summed E-state index contributed by atoms with van der Waals surface area (Å²) in [6.07, 6.45) is 3.73. The SMILES string of the molecule is Nc1ncccc1-c1cc2ccc(-c3ccc(F)cc3)cn2c1-c1ccc(CO)cc1. The molecule has 4 nitrogen and oxygen atoms in total. The molecule has 3 N–H and O–H groups in total. The van der Waals surface area contributed by atoms with Gasteiger partial charge >= 0.3 is 0 Å². The van der Waals surface area contributed by atoms with Gasteiger partial charge in [0.1, 0.15) is 11.6 Å². The first-order valence-corrected chi connectivity index (χ1v) is 9.96. The van der Waals surface area contributed by atoms with E-state index in [0.717, 1.165) is 44.6 Å². The lowest BCUT2D eigenvalue weighted by atomic mass is 10.0. The number of hydrogen-bond acceptors (Lipinski definition) is 3. The zero-order valence-corrected chi connectivity index (χ0v) is 16.7. The number of aliphatic hydroxyl groups is 1. The van der Waals surface area contributed by atoms with E-state index >= 15 is 0 Å². The third kappa shape index (κ3) is 3.45. The van der Waals surface area contributed by atoms with Crippen molar-refractivity contribution in [3.8, 4) is 33.5 Å². The molecule has 0 radical (unpaired) electrons. The van der Waals surface area contributed by atoms with Crippen LogP contribution < -0.4 is 5.73 Å². The molecule has 0 atom stereocenters. The number of pyridine rings is 2. The van der Waals surface area contributed by atoms with Gasteiger partial charge in [0.15, 0.2) is 0 Å². The third-order valence-electron chi connectivity index (χ3n) is 5.48. The number of nitrogens with zero attached hydrogens (tertiary/aromatic N) is 2. The maximum Gasteiger partial charge on any atom is 0.131 e. The molecule has 0 spiro atoms. The molecule has 0 amide bonds. The lowest BCUT2D eigenvalue weighted by Gasteiger charge is -2.11. The van der Waals surface area contributed by atoms with Crippen molar-refractivity contribution in [3.05, 3.63) is 103 Å². The highest BCUT2D eigenvalue weighted by atomic mass is 19.1. The number of aromatic nitrogens is 2. The van der Waals surface area contributed by atoms with Gasteiger partial charge in [-0.1, -0.05) is 42.5 Å². The molecule has 5 rings (SSSR count). The Balaban J connectivity index is 1.77. The summed E-state index contributed by atoms with van der Waals surface area (Å²) in [5.41, 5.74) is 13.8. The summed E-state index contributed by atoms with van der Waals surface area (Å²) in [4.78, 5) is 4.26. The van der Waals surface area contributed by atoms with E-state index in [0.29, 0.717) is 5.82 Å². The van der Waals surface area contributed by atoms with E-state index in [1.807, 2.05) is 54.7 Å². The van der Waals surface area contributed by atoms with E-state index in [9.17, 15) is 9.50 Å². The average molecular weight is 409 g/mol. The van der Waals surface area contributed by atoms with Crippen molar-refractivity contribution in [1.82, 2.24) is 9.38 Å². The van der Waals surface area contributed by atoms with Gasteiger partial charge in [-0.25, -0.2) is 9.37 Å². The predicted octanol–water partition coefficient (Wildman–Crippen LogP) is 5.55. The average Bonchev–Trinajstić information content (AvgIpc) is 3.18. The number of benzene rings is 2. The lowest BCUT2D eigenvalue weighted by molar-refractivity contribution is 0.282. The molecule has 152 valence electrons. The first-order valence-electron chi connectivity index (χ1n) is 9.96. The topological polar surface area (TPSA) is 63.5 Å². The zero-order valence-electron chi connectivity index (χ0n) is 16.7. The second kappa shape index (κ2) is 7.70. The molecule has 0 fully saturated rings. The maximum atomic E-state index is 13.4. The normalized spacial score (nSPS) is 11.2. The quantitative estimate of drug-likeness (QED) is 0.409. The number of fused-ring (bicyclic) bond motifs is 1. The Bertz CT molecular complexity index is 1370. The fourth-order valence-corrected chi connectivity index (χ4v) is 3.90. The van der Waals surface area contributed by atoms with Gasteiger partial charge in [-0.2, -0.15) is 0 Å². The van der Waals surface area contributed by atoms with Crippen molar-refractivity contribution in [2.24, 2.45) is 0 Å². The third-order valence-corrected chi connectivity index (χ3v) is 5.48. The van der Waals surface area contributed by atoms with Crippen LogP contribution in [0.25, 0.3) is 39.0 Å². The highest BCUT2D eigenvalue weighted by Gasteiger charge is 2.17. The van der Waals surface area contributed by atoms with Gasteiger partial charge in [0, 0.05) is 29.0 Å². The van der Waals surface area contributed by atoms with Gasteiger partial charge in [-0.05, 0) is 58.7 Å². The highest BCUT2D eigenvalue weighted by molar-refractivity contribution is 5.90. The maximum absolute atomic E-state index is 13.4. The number of rotatable bonds is 4. The van der Waals surface area contributed by atoms with E-state index in [4.69, 9.17) is 5.73 Å². The summed E-state index contributed by atoms with van der Waals surface area (Å²) in [5, 5.41) is 9.43. The molecule has 0 aliphatic rings. The Morgan fingerprint density at radius 3 is 2.26 bits per heavy atom. The largest absolute Gasteiger partial charge is 0.392 e. The molecule has 0 bridgehead atoms. The molecule has 3 aromatic heterocycles. The predicted molar refractivity (Wildman–Crippen MR) is 122 cm³/mol. The van der Waals surface area contributed by atoms with Crippen molar-refractivity contribution in [3.63, 3.8) is 0 Å². The molecule has 3 heterocycles.